The van der Waals surface area contributed by atoms with E-state index in [0.717, 1.165) is 12.8 Å². The topological polar surface area (TPSA) is 40.5 Å². The molecule has 2 saturated carbocycles. The second-order valence-corrected chi connectivity index (χ2v) is 6.13. The van der Waals surface area contributed by atoms with Gasteiger partial charge in [0.05, 0.1) is 12.2 Å². The van der Waals surface area contributed by atoms with E-state index in [1.807, 2.05) is 0 Å². The number of hydrogen-bond donors (Lipinski definition) is 2. The maximum atomic E-state index is 10.4. The Kier molecular flexibility index (Phi) is 3.91. The van der Waals surface area contributed by atoms with E-state index in [1.165, 1.54) is 25.7 Å². The summed E-state index contributed by atoms with van der Waals surface area (Å²) in [4.78, 5) is 0. The van der Waals surface area contributed by atoms with Crippen LogP contribution < -0.4 is 0 Å². The van der Waals surface area contributed by atoms with Crippen LogP contribution in [0.25, 0.3) is 0 Å². The maximum Gasteiger partial charge on any atom is 0.0621 e. The van der Waals surface area contributed by atoms with Gasteiger partial charge in [0.1, 0.15) is 0 Å². The zero-order valence-electron chi connectivity index (χ0n) is 10.6. The molecule has 94 valence electrons. The van der Waals surface area contributed by atoms with E-state index in [4.69, 9.17) is 0 Å². The fourth-order valence-electron chi connectivity index (χ4n) is 3.79. The van der Waals surface area contributed by atoms with Crippen LogP contribution >= 0.6 is 0 Å². The summed E-state index contributed by atoms with van der Waals surface area (Å²) in [5.41, 5.74) is 0. The van der Waals surface area contributed by atoms with E-state index < -0.39 is 0 Å². The van der Waals surface area contributed by atoms with Gasteiger partial charge in [0.25, 0.3) is 0 Å². The zero-order chi connectivity index (χ0) is 11.7. The molecule has 2 aliphatic carbocycles. The third-order valence-corrected chi connectivity index (χ3v) is 4.97. The van der Waals surface area contributed by atoms with Gasteiger partial charge in [-0.15, -0.1) is 0 Å². The zero-order valence-corrected chi connectivity index (χ0v) is 10.6. The lowest BCUT2D eigenvalue weighted by atomic mass is 9.77. The smallest absolute Gasteiger partial charge is 0.0621 e. The first-order valence-corrected chi connectivity index (χ1v) is 6.97. The molecule has 2 rings (SSSR count). The largest absolute Gasteiger partial charge is 0.392 e. The summed E-state index contributed by atoms with van der Waals surface area (Å²) >= 11 is 0. The van der Waals surface area contributed by atoms with Gasteiger partial charge in [0, 0.05) is 5.92 Å². The number of fused-ring (bicyclic) bond motifs is 1. The fraction of sp³-hybridized carbons (Fsp3) is 1.00. The third kappa shape index (κ3) is 2.28. The van der Waals surface area contributed by atoms with Gasteiger partial charge in [-0.2, -0.15) is 0 Å². The lowest BCUT2D eigenvalue weighted by Crippen LogP contribution is -2.41. The molecule has 2 N–H and O–H groups in total. The Balaban J connectivity index is 2.20. The average molecular weight is 226 g/mol. The summed E-state index contributed by atoms with van der Waals surface area (Å²) in [7, 11) is 0. The lowest BCUT2D eigenvalue weighted by molar-refractivity contribution is -0.0508. The Morgan fingerprint density at radius 3 is 1.62 bits per heavy atom. The van der Waals surface area contributed by atoms with Gasteiger partial charge >= 0.3 is 0 Å². The van der Waals surface area contributed by atoms with Gasteiger partial charge in [-0.05, 0) is 43.4 Å². The molecular weight excluding hydrogens is 200 g/mol. The Hall–Kier alpha value is -0.0800. The first-order chi connectivity index (χ1) is 7.61. The number of aliphatic hydroxyl groups excluding tert-OH is 2. The van der Waals surface area contributed by atoms with Crippen LogP contribution in [0.5, 0.6) is 0 Å². The summed E-state index contributed by atoms with van der Waals surface area (Å²) in [6.07, 6.45) is 6.52. The molecule has 2 heteroatoms. The monoisotopic (exact) mass is 226 g/mol. The fourth-order valence-corrected chi connectivity index (χ4v) is 3.79. The van der Waals surface area contributed by atoms with E-state index in [0.29, 0.717) is 17.8 Å². The summed E-state index contributed by atoms with van der Waals surface area (Å²) in [5.74, 6) is 1.40. The van der Waals surface area contributed by atoms with E-state index in [9.17, 15) is 10.2 Å². The van der Waals surface area contributed by atoms with Gasteiger partial charge in [0.2, 0.25) is 0 Å². The number of rotatable bonds is 0. The van der Waals surface area contributed by atoms with Gasteiger partial charge in [-0.3, -0.25) is 0 Å². The molecule has 0 bridgehead atoms. The quantitative estimate of drug-likeness (QED) is 0.666. The maximum absolute atomic E-state index is 10.4. The van der Waals surface area contributed by atoms with Crippen molar-refractivity contribution in [2.75, 3.05) is 0 Å². The number of aliphatic hydroxyl groups is 2. The van der Waals surface area contributed by atoms with E-state index in [-0.39, 0.29) is 18.1 Å². The van der Waals surface area contributed by atoms with Crippen LogP contribution in [-0.4, -0.2) is 22.4 Å². The minimum Gasteiger partial charge on any atom is -0.392 e. The molecule has 16 heavy (non-hydrogen) atoms. The molecule has 2 nitrogen and oxygen atoms in total. The minimum absolute atomic E-state index is 0.134. The highest BCUT2D eigenvalue weighted by Crippen LogP contribution is 2.42. The van der Waals surface area contributed by atoms with Crippen LogP contribution in [0.3, 0.4) is 0 Å². The van der Waals surface area contributed by atoms with Crippen LogP contribution in [-0.2, 0) is 0 Å². The molecule has 0 saturated heterocycles. The summed E-state index contributed by atoms with van der Waals surface area (Å²) in [6, 6.07) is 0. The van der Waals surface area contributed by atoms with E-state index in [1.54, 1.807) is 0 Å². The third-order valence-electron chi connectivity index (χ3n) is 4.97. The molecule has 2 fully saturated rings. The Morgan fingerprint density at radius 2 is 1.19 bits per heavy atom. The molecule has 0 heterocycles. The van der Waals surface area contributed by atoms with Crippen LogP contribution in [0.15, 0.2) is 0 Å². The van der Waals surface area contributed by atoms with Crippen molar-refractivity contribution in [3.05, 3.63) is 0 Å². The molecule has 0 aromatic rings. The van der Waals surface area contributed by atoms with Gasteiger partial charge in [-0.1, -0.05) is 26.7 Å². The van der Waals surface area contributed by atoms with Crippen molar-refractivity contribution in [3.8, 4) is 0 Å². The lowest BCUT2D eigenvalue weighted by Gasteiger charge is -2.34. The Labute approximate surface area is 99.1 Å². The van der Waals surface area contributed by atoms with Gasteiger partial charge < -0.3 is 10.2 Å². The van der Waals surface area contributed by atoms with Crippen LogP contribution in [0, 0.1) is 23.7 Å². The minimum atomic E-state index is -0.289. The predicted octanol–water partition coefficient (Wildman–Crippen LogP) is 2.58. The van der Waals surface area contributed by atoms with Crippen molar-refractivity contribution >= 4 is 0 Å². The van der Waals surface area contributed by atoms with Gasteiger partial charge in [-0.25, -0.2) is 0 Å². The van der Waals surface area contributed by atoms with Gasteiger partial charge in [0.15, 0.2) is 0 Å². The molecule has 0 aromatic carbocycles. The van der Waals surface area contributed by atoms with Crippen molar-refractivity contribution < 1.29 is 10.2 Å². The summed E-state index contributed by atoms with van der Waals surface area (Å²) in [5, 5.41) is 20.8. The molecule has 2 aliphatic rings. The molecule has 0 amide bonds. The average Bonchev–Trinajstić information content (AvgIpc) is 2.47. The first kappa shape index (κ1) is 12.4. The van der Waals surface area contributed by atoms with Crippen molar-refractivity contribution in [1.82, 2.24) is 0 Å². The predicted molar refractivity (Wildman–Crippen MR) is 65.0 cm³/mol. The highest BCUT2D eigenvalue weighted by Gasteiger charge is 2.41. The second kappa shape index (κ2) is 5.05. The SMILES string of the molecule is C[C@H]1CCCC2CCC[C@H](C)C(O)C2C1O. The normalized spacial score (nSPS) is 50.2. The van der Waals surface area contributed by atoms with E-state index in [2.05, 4.69) is 13.8 Å². The molecule has 0 aliphatic heterocycles. The highest BCUT2D eigenvalue weighted by atomic mass is 16.3. The Morgan fingerprint density at radius 1 is 0.750 bits per heavy atom. The van der Waals surface area contributed by atoms with Crippen LogP contribution in [0.4, 0.5) is 0 Å². The van der Waals surface area contributed by atoms with Crippen molar-refractivity contribution in [1.29, 1.82) is 0 Å². The summed E-state index contributed by atoms with van der Waals surface area (Å²) < 4.78 is 0. The number of hydrogen-bond acceptors (Lipinski definition) is 2. The molecule has 2 unspecified atom stereocenters. The molecule has 4 atom stereocenters. The molecular formula is C14H26O2. The van der Waals surface area contributed by atoms with Crippen LogP contribution in [0.2, 0.25) is 0 Å². The van der Waals surface area contributed by atoms with Crippen molar-refractivity contribution in [2.24, 2.45) is 23.7 Å². The summed E-state index contributed by atoms with van der Waals surface area (Å²) in [6.45, 7) is 4.27. The van der Waals surface area contributed by atoms with E-state index >= 15 is 0 Å². The standard InChI is InChI=1S/C14H26O2/c1-9-5-3-7-11-8-4-6-10(2)14(16)12(11)13(9)15/h9-16H,3-8H2,1-2H3/t9-,10-,11?,12?,13?,14?/m0/s1. The van der Waals surface area contributed by atoms with Crippen LogP contribution in [0.1, 0.15) is 52.4 Å². The first-order valence-electron chi connectivity index (χ1n) is 6.97. The molecule has 0 spiro atoms. The van der Waals surface area contributed by atoms with Crippen molar-refractivity contribution in [3.63, 3.8) is 0 Å². The highest BCUT2D eigenvalue weighted by molar-refractivity contribution is 4.91. The Bertz CT molecular complexity index is 207. The molecule has 0 aromatic heterocycles. The van der Waals surface area contributed by atoms with Crippen molar-refractivity contribution in [2.45, 2.75) is 64.6 Å². The molecule has 0 radical (unpaired) electrons. The second-order valence-electron chi connectivity index (χ2n) is 6.13.